The summed E-state index contributed by atoms with van der Waals surface area (Å²) < 4.78 is 6.17. The van der Waals surface area contributed by atoms with Gasteiger partial charge >= 0.3 is 0 Å². The number of nitrogens with zero attached hydrogens (tertiary/aromatic N) is 2. The summed E-state index contributed by atoms with van der Waals surface area (Å²) in [4.78, 5) is 32.0. The van der Waals surface area contributed by atoms with E-state index in [1.165, 1.54) is 18.7 Å². The second kappa shape index (κ2) is 8.35. The molecule has 1 heterocycles. The number of ether oxygens (including phenoxy) is 1. The molecule has 26 heavy (non-hydrogen) atoms. The summed E-state index contributed by atoms with van der Waals surface area (Å²) in [6.07, 6.45) is 4.36. The first-order valence-electron chi connectivity index (χ1n) is 7.70. The molecule has 1 N–H and O–H groups in total. The summed E-state index contributed by atoms with van der Waals surface area (Å²) in [6, 6.07) is 13.9. The Morgan fingerprint density at radius 3 is 2.38 bits per heavy atom. The maximum Gasteiger partial charge on any atom is 0.262 e. The lowest BCUT2D eigenvalue weighted by Crippen LogP contribution is -2.20. The lowest BCUT2D eigenvalue weighted by Gasteiger charge is -2.08. The van der Waals surface area contributed by atoms with Gasteiger partial charge in [0.1, 0.15) is 12.1 Å². The zero-order valence-electron chi connectivity index (χ0n) is 13.6. The average Bonchev–Trinajstić information content (AvgIpc) is 2.67. The SMILES string of the molecule is O=C(COc1ccc(C(=O)c2ccccc2Br)cc1)Nc1cncnc1. The first kappa shape index (κ1) is 17.8. The fourth-order valence-corrected chi connectivity index (χ4v) is 2.68. The molecule has 0 radical (unpaired) electrons. The van der Waals surface area contributed by atoms with E-state index in [2.05, 4.69) is 31.2 Å². The Morgan fingerprint density at radius 1 is 1.00 bits per heavy atom. The molecule has 0 unspecified atom stereocenters. The number of ketones is 1. The number of halogens is 1. The number of carbonyl (C=O) groups is 2. The van der Waals surface area contributed by atoms with E-state index >= 15 is 0 Å². The van der Waals surface area contributed by atoms with E-state index in [1.54, 1.807) is 30.3 Å². The fraction of sp³-hybridized carbons (Fsp3) is 0.0526. The van der Waals surface area contributed by atoms with Crippen molar-refractivity contribution in [2.75, 3.05) is 11.9 Å². The number of nitrogens with one attached hydrogen (secondary N) is 1. The Kier molecular flexibility index (Phi) is 5.70. The van der Waals surface area contributed by atoms with Gasteiger partial charge < -0.3 is 10.1 Å². The number of carbonyl (C=O) groups excluding carboxylic acids is 2. The van der Waals surface area contributed by atoms with Gasteiger partial charge in [0, 0.05) is 15.6 Å². The van der Waals surface area contributed by atoms with Crippen LogP contribution in [0.15, 0.2) is 71.7 Å². The topological polar surface area (TPSA) is 81.2 Å². The molecule has 0 spiro atoms. The molecule has 3 rings (SSSR count). The molecule has 130 valence electrons. The number of hydrogen-bond acceptors (Lipinski definition) is 5. The van der Waals surface area contributed by atoms with Crippen LogP contribution in [0.2, 0.25) is 0 Å². The van der Waals surface area contributed by atoms with Crippen molar-refractivity contribution in [1.82, 2.24) is 9.97 Å². The van der Waals surface area contributed by atoms with Crippen molar-refractivity contribution in [3.05, 3.63) is 82.9 Å². The highest BCUT2D eigenvalue weighted by molar-refractivity contribution is 9.10. The highest BCUT2D eigenvalue weighted by Crippen LogP contribution is 2.21. The van der Waals surface area contributed by atoms with Crippen molar-refractivity contribution >= 4 is 33.3 Å². The third-order valence-electron chi connectivity index (χ3n) is 3.45. The second-order valence-corrected chi connectivity index (χ2v) is 6.15. The predicted molar refractivity (Wildman–Crippen MR) is 100 cm³/mol. The molecule has 3 aromatic rings. The molecular weight excluding hydrogens is 398 g/mol. The van der Waals surface area contributed by atoms with Crippen LogP contribution in [-0.2, 0) is 4.79 Å². The standard InChI is InChI=1S/C19H14BrN3O3/c20-17-4-2-1-3-16(17)19(25)13-5-7-15(8-6-13)26-11-18(24)23-14-9-21-12-22-10-14/h1-10,12H,11H2,(H,23,24). The average molecular weight is 412 g/mol. The molecule has 6 nitrogen and oxygen atoms in total. The minimum absolute atomic E-state index is 0.0918. The molecule has 0 saturated carbocycles. The van der Waals surface area contributed by atoms with Crippen molar-refractivity contribution in [3.63, 3.8) is 0 Å². The first-order chi connectivity index (χ1) is 12.6. The van der Waals surface area contributed by atoms with Gasteiger partial charge in [-0.15, -0.1) is 0 Å². The summed E-state index contributed by atoms with van der Waals surface area (Å²) in [5.41, 5.74) is 1.62. The second-order valence-electron chi connectivity index (χ2n) is 5.30. The van der Waals surface area contributed by atoms with E-state index in [0.29, 0.717) is 22.6 Å². The summed E-state index contributed by atoms with van der Waals surface area (Å²) in [6.45, 7) is -0.160. The van der Waals surface area contributed by atoms with Crippen molar-refractivity contribution in [3.8, 4) is 5.75 Å². The molecule has 0 bridgehead atoms. The summed E-state index contributed by atoms with van der Waals surface area (Å²) in [7, 11) is 0. The van der Waals surface area contributed by atoms with E-state index in [4.69, 9.17) is 4.74 Å². The van der Waals surface area contributed by atoms with Crippen molar-refractivity contribution < 1.29 is 14.3 Å². The quantitative estimate of drug-likeness (QED) is 0.627. The van der Waals surface area contributed by atoms with Crippen molar-refractivity contribution in [2.24, 2.45) is 0 Å². The molecular formula is C19H14BrN3O3. The highest BCUT2D eigenvalue weighted by atomic mass is 79.9. The van der Waals surface area contributed by atoms with E-state index in [0.717, 1.165) is 4.47 Å². The van der Waals surface area contributed by atoms with Crippen molar-refractivity contribution in [2.45, 2.75) is 0 Å². The van der Waals surface area contributed by atoms with Crippen LogP contribution in [0.4, 0.5) is 5.69 Å². The smallest absolute Gasteiger partial charge is 0.262 e. The van der Waals surface area contributed by atoms with E-state index in [-0.39, 0.29) is 18.3 Å². The zero-order chi connectivity index (χ0) is 18.4. The fourth-order valence-electron chi connectivity index (χ4n) is 2.21. The highest BCUT2D eigenvalue weighted by Gasteiger charge is 2.12. The van der Waals surface area contributed by atoms with Crippen LogP contribution in [0, 0.1) is 0 Å². The van der Waals surface area contributed by atoms with Gasteiger partial charge in [-0.1, -0.05) is 28.1 Å². The van der Waals surface area contributed by atoms with Gasteiger partial charge in [0.15, 0.2) is 12.4 Å². The van der Waals surface area contributed by atoms with Gasteiger partial charge in [-0.05, 0) is 36.4 Å². The lowest BCUT2D eigenvalue weighted by atomic mass is 10.0. The molecule has 0 aliphatic carbocycles. The van der Waals surface area contributed by atoms with Gasteiger partial charge in [-0.25, -0.2) is 9.97 Å². The molecule has 0 aliphatic rings. The number of benzene rings is 2. The van der Waals surface area contributed by atoms with E-state index in [9.17, 15) is 9.59 Å². The Labute approximate surface area is 158 Å². The molecule has 0 saturated heterocycles. The lowest BCUT2D eigenvalue weighted by molar-refractivity contribution is -0.118. The van der Waals surface area contributed by atoms with E-state index < -0.39 is 0 Å². The number of amides is 1. The molecule has 7 heteroatoms. The Hall–Kier alpha value is -3.06. The third kappa shape index (κ3) is 4.52. The van der Waals surface area contributed by atoms with Crippen LogP contribution in [0.3, 0.4) is 0 Å². The number of hydrogen-bond donors (Lipinski definition) is 1. The first-order valence-corrected chi connectivity index (χ1v) is 8.50. The summed E-state index contributed by atoms with van der Waals surface area (Å²) >= 11 is 3.38. The largest absolute Gasteiger partial charge is 0.484 e. The van der Waals surface area contributed by atoms with Crippen molar-refractivity contribution in [1.29, 1.82) is 0 Å². The van der Waals surface area contributed by atoms with Gasteiger partial charge in [-0.3, -0.25) is 9.59 Å². The minimum Gasteiger partial charge on any atom is -0.484 e. The molecule has 2 aromatic carbocycles. The third-order valence-corrected chi connectivity index (χ3v) is 4.14. The van der Waals surface area contributed by atoms with Gasteiger partial charge in [-0.2, -0.15) is 0 Å². The maximum absolute atomic E-state index is 12.5. The zero-order valence-corrected chi connectivity index (χ0v) is 15.1. The monoisotopic (exact) mass is 411 g/mol. The van der Waals surface area contributed by atoms with Crippen LogP contribution in [0.1, 0.15) is 15.9 Å². The number of anilines is 1. The summed E-state index contributed by atoms with van der Waals surface area (Å²) in [5.74, 6) is 0.0761. The maximum atomic E-state index is 12.5. The number of rotatable bonds is 6. The van der Waals surface area contributed by atoms with Gasteiger partial charge in [0.05, 0.1) is 18.1 Å². The Balaban J connectivity index is 1.59. The molecule has 0 aliphatic heterocycles. The van der Waals surface area contributed by atoms with Crippen LogP contribution < -0.4 is 10.1 Å². The van der Waals surface area contributed by atoms with Crippen LogP contribution in [-0.4, -0.2) is 28.3 Å². The predicted octanol–water partition coefficient (Wildman–Crippen LogP) is 3.49. The van der Waals surface area contributed by atoms with Crippen LogP contribution >= 0.6 is 15.9 Å². The van der Waals surface area contributed by atoms with Gasteiger partial charge in [0.2, 0.25) is 0 Å². The Bertz CT molecular complexity index is 915. The van der Waals surface area contributed by atoms with Gasteiger partial charge in [0.25, 0.3) is 5.91 Å². The minimum atomic E-state index is -0.326. The molecule has 0 atom stereocenters. The molecule has 1 amide bonds. The van der Waals surface area contributed by atoms with Crippen LogP contribution in [0.5, 0.6) is 5.75 Å². The van der Waals surface area contributed by atoms with E-state index in [1.807, 2.05) is 18.2 Å². The summed E-state index contributed by atoms with van der Waals surface area (Å²) in [5, 5.41) is 2.62. The normalized spacial score (nSPS) is 10.2. The number of aromatic nitrogens is 2. The van der Waals surface area contributed by atoms with Crippen LogP contribution in [0.25, 0.3) is 0 Å². The molecule has 0 fully saturated rings. The molecule has 1 aromatic heterocycles. The Morgan fingerprint density at radius 2 is 1.69 bits per heavy atom.